The van der Waals surface area contributed by atoms with Crippen molar-refractivity contribution >= 4 is 50.5 Å². The lowest BCUT2D eigenvalue weighted by molar-refractivity contribution is 0.601. The summed E-state index contributed by atoms with van der Waals surface area (Å²) in [7, 11) is -3.96. The Morgan fingerprint density at radius 1 is 1.10 bits per heavy atom. The minimum Gasteiger partial charge on any atom is -0.277 e. The third kappa shape index (κ3) is 3.32. The predicted octanol–water partition coefficient (Wildman–Crippen LogP) is 3.98. The van der Waals surface area contributed by atoms with Gasteiger partial charge in [-0.05, 0) is 24.3 Å². The van der Waals surface area contributed by atoms with Crippen LogP contribution in [-0.2, 0) is 10.0 Å². The second-order valence-corrected chi connectivity index (χ2v) is 6.55. The van der Waals surface area contributed by atoms with Gasteiger partial charge in [-0.3, -0.25) is 4.72 Å². The first-order valence-electron chi connectivity index (χ1n) is 5.08. The minimum atomic E-state index is -3.96. The van der Waals surface area contributed by atoms with Crippen LogP contribution in [0.4, 0.5) is 10.1 Å². The van der Waals surface area contributed by atoms with E-state index in [0.717, 1.165) is 18.2 Å². The van der Waals surface area contributed by atoms with Crippen LogP contribution in [0.15, 0.2) is 35.4 Å². The van der Waals surface area contributed by atoms with Crippen molar-refractivity contribution in [1.82, 2.24) is 4.98 Å². The number of hydrogen-bond acceptors (Lipinski definition) is 3. The van der Waals surface area contributed by atoms with E-state index in [9.17, 15) is 12.8 Å². The van der Waals surface area contributed by atoms with Crippen LogP contribution in [0.2, 0.25) is 15.2 Å². The zero-order chi connectivity index (χ0) is 14.9. The van der Waals surface area contributed by atoms with Crippen LogP contribution in [0.5, 0.6) is 0 Å². The zero-order valence-electron chi connectivity index (χ0n) is 9.57. The average Bonchev–Trinajstić information content (AvgIpc) is 2.34. The monoisotopic (exact) mass is 354 g/mol. The van der Waals surface area contributed by atoms with Crippen molar-refractivity contribution in [3.05, 3.63) is 51.5 Å². The summed E-state index contributed by atoms with van der Waals surface area (Å²) in [5, 5.41) is -0.290. The molecular formula is C11H6Cl3FN2O2S. The number of rotatable bonds is 3. The summed E-state index contributed by atoms with van der Waals surface area (Å²) in [6, 6.07) is 4.31. The lowest BCUT2D eigenvalue weighted by atomic mass is 10.3. The highest BCUT2D eigenvalue weighted by Crippen LogP contribution is 2.33. The van der Waals surface area contributed by atoms with Gasteiger partial charge in [-0.15, -0.1) is 0 Å². The lowest BCUT2D eigenvalue weighted by Crippen LogP contribution is -2.14. The van der Waals surface area contributed by atoms with Gasteiger partial charge in [0.15, 0.2) is 0 Å². The number of sulfonamides is 1. The molecule has 0 bridgehead atoms. The Hall–Kier alpha value is -1.08. The molecule has 0 aliphatic heterocycles. The molecule has 0 fully saturated rings. The summed E-state index contributed by atoms with van der Waals surface area (Å²) in [4.78, 5) is 3.56. The Bertz CT molecular complexity index is 745. The van der Waals surface area contributed by atoms with Gasteiger partial charge in [0.2, 0.25) is 0 Å². The molecule has 2 rings (SSSR count). The van der Waals surface area contributed by atoms with Crippen molar-refractivity contribution in [2.24, 2.45) is 0 Å². The summed E-state index contributed by atoms with van der Waals surface area (Å²) < 4.78 is 39.5. The van der Waals surface area contributed by atoms with Gasteiger partial charge in [0.05, 0.1) is 20.6 Å². The number of aromatic nitrogens is 1. The van der Waals surface area contributed by atoms with Gasteiger partial charge in [0.1, 0.15) is 11.0 Å². The lowest BCUT2D eigenvalue weighted by Gasteiger charge is -2.11. The van der Waals surface area contributed by atoms with Gasteiger partial charge in [0.25, 0.3) is 10.0 Å². The zero-order valence-corrected chi connectivity index (χ0v) is 12.7. The molecule has 1 aromatic carbocycles. The van der Waals surface area contributed by atoms with E-state index in [1.807, 2.05) is 0 Å². The molecule has 1 aromatic heterocycles. The Kier molecular flexibility index (Phi) is 4.39. The first kappa shape index (κ1) is 15.3. The van der Waals surface area contributed by atoms with Crippen molar-refractivity contribution < 1.29 is 12.8 Å². The summed E-state index contributed by atoms with van der Waals surface area (Å²) in [6.07, 6.45) is 1.24. The molecule has 0 atom stereocenters. The van der Waals surface area contributed by atoms with Crippen molar-refractivity contribution in [1.29, 1.82) is 0 Å². The molecule has 0 saturated heterocycles. The normalized spacial score (nSPS) is 11.4. The number of nitrogens with zero attached hydrogens (tertiary/aromatic N) is 1. The average molecular weight is 356 g/mol. The molecule has 20 heavy (non-hydrogen) atoms. The van der Waals surface area contributed by atoms with Crippen LogP contribution in [0.3, 0.4) is 0 Å². The van der Waals surface area contributed by atoms with Crippen LogP contribution in [-0.4, -0.2) is 13.4 Å². The van der Waals surface area contributed by atoms with Crippen molar-refractivity contribution in [3.8, 4) is 0 Å². The third-order valence-corrected chi connectivity index (χ3v) is 4.40. The van der Waals surface area contributed by atoms with Gasteiger partial charge < -0.3 is 0 Å². The Morgan fingerprint density at radius 3 is 2.25 bits per heavy atom. The molecular weight excluding hydrogens is 350 g/mol. The molecule has 0 aliphatic rings. The van der Waals surface area contributed by atoms with Crippen molar-refractivity contribution in [2.45, 2.75) is 4.90 Å². The second kappa shape index (κ2) is 5.73. The van der Waals surface area contributed by atoms with Crippen LogP contribution in [0, 0.1) is 5.82 Å². The maximum Gasteiger partial charge on any atom is 0.262 e. The highest BCUT2D eigenvalue weighted by molar-refractivity contribution is 7.92. The van der Waals surface area contributed by atoms with Gasteiger partial charge in [0, 0.05) is 6.20 Å². The number of hydrogen-bond donors (Lipinski definition) is 1. The topological polar surface area (TPSA) is 59.1 Å². The smallest absolute Gasteiger partial charge is 0.262 e. The van der Waals surface area contributed by atoms with Crippen molar-refractivity contribution in [2.75, 3.05) is 4.72 Å². The van der Waals surface area contributed by atoms with E-state index in [2.05, 4.69) is 9.71 Å². The van der Waals surface area contributed by atoms with Crippen molar-refractivity contribution in [3.63, 3.8) is 0 Å². The Labute approximate surface area is 129 Å². The number of benzene rings is 1. The summed E-state index contributed by atoms with van der Waals surface area (Å²) in [5.41, 5.74) is -0.109. The van der Waals surface area contributed by atoms with Crippen LogP contribution >= 0.6 is 34.8 Å². The quantitative estimate of drug-likeness (QED) is 0.847. The van der Waals surface area contributed by atoms with Gasteiger partial charge >= 0.3 is 0 Å². The van der Waals surface area contributed by atoms with E-state index in [1.165, 1.54) is 12.3 Å². The fraction of sp³-hybridized carbons (Fsp3) is 0. The minimum absolute atomic E-state index is 0.0178. The van der Waals surface area contributed by atoms with Crippen LogP contribution < -0.4 is 4.72 Å². The number of nitrogens with one attached hydrogen (secondary N) is 1. The Balaban J connectivity index is 2.44. The first-order valence-corrected chi connectivity index (χ1v) is 7.70. The van der Waals surface area contributed by atoms with E-state index in [0.29, 0.717) is 0 Å². The maximum atomic E-state index is 13.0. The molecule has 106 valence electrons. The molecule has 0 spiro atoms. The predicted molar refractivity (Wildman–Crippen MR) is 76.5 cm³/mol. The van der Waals surface area contributed by atoms with E-state index < -0.39 is 15.8 Å². The standard InChI is InChI=1S/C11H6Cl3FN2O2S/c12-8-3-6(15)4-9(13)11(8)17-20(18,19)7-1-2-16-10(14)5-7/h1-5,17H. The Morgan fingerprint density at radius 2 is 1.70 bits per heavy atom. The molecule has 0 aliphatic carbocycles. The molecule has 1 heterocycles. The third-order valence-electron chi connectivity index (χ3n) is 2.25. The highest BCUT2D eigenvalue weighted by atomic mass is 35.5. The number of halogens is 4. The van der Waals surface area contributed by atoms with Gasteiger partial charge in [-0.25, -0.2) is 17.8 Å². The first-order chi connectivity index (χ1) is 9.29. The largest absolute Gasteiger partial charge is 0.277 e. The van der Waals surface area contributed by atoms with Gasteiger partial charge in [-0.2, -0.15) is 0 Å². The number of pyridine rings is 1. The van der Waals surface area contributed by atoms with E-state index in [4.69, 9.17) is 34.8 Å². The highest BCUT2D eigenvalue weighted by Gasteiger charge is 2.19. The SMILES string of the molecule is O=S(=O)(Nc1c(Cl)cc(F)cc1Cl)c1ccnc(Cl)c1. The molecule has 0 saturated carbocycles. The second-order valence-electron chi connectivity index (χ2n) is 3.66. The molecule has 2 aromatic rings. The fourth-order valence-electron chi connectivity index (χ4n) is 1.38. The molecule has 9 heteroatoms. The molecule has 4 nitrogen and oxygen atoms in total. The molecule has 0 radical (unpaired) electrons. The molecule has 1 N–H and O–H groups in total. The fourth-order valence-corrected chi connectivity index (χ4v) is 3.40. The van der Waals surface area contributed by atoms with Crippen LogP contribution in [0.1, 0.15) is 0 Å². The molecule has 0 amide bonds. The van der Waals surface area contributed by atoms with E-state index >= 15 is 0 Å². The van der Waals surface area contributed by atoms with E-state index in [-0.39, 0.29) is 25.8 Å². The number of anilines is 1. The van der Waals surface area contributed by atoms with E-state index in [1.54, 1.807) is 0 Å². The van der Waals surface area contributed by atoms with Gasteiger partial charge in [-0.1, -0.05) is 34.8 Å². The maximum absolute atomic E-state index is 13.0. The summed E-state index contributed by atoms with van der Waals surface area (Å²) in [6.45, 7) is 0. The van der Waals surface area contributed by atoms with Crippen LogP contribution in [0.25, 0.3) is 0 Å². The summed E-state index contributed by atoms with van der Waals surface area (Å²) >= 11 is 17.2. The molecule has 0 unspecified atom stereocenters. The summed E-state index contributed by atoms with van der Waals surface area (Å²) in [5.74, 6) is -0.671.